The fraction of sp³-hybridized carbons (Fsp3) is 0.827. The zero-order valence-corrected chi connectivity index (χ0v) is 42.1. The Morgan fingerprint density at radius 1 is 0.833 bits per heavy atom. The van der Waals surface area contributed by atoms with Crippen molar-refractivity contribution in [2.75, 3.05) is 6.61 Å². The lowest BCUT2D eigenvalue weighted by atomic mass is 9.83. The highest BCUT2D eigenvalue weighted by atomic mass is 35.5. The fourth-order valence-corrected chi connectivity index (χ4v) is 9.28. The van der Waals surface area contributed by atoms with Crippen molar-refractivity contribution >= 4 is 29.3 Å². The Balaban J connectivity index is 1.83. The molecule has 14 heteroatoms. The smallest absolute Gasteiger partial charge is 0.312 e. The van der Waals surface area contributed by atoms with Crippen LogP contribution < -0.4 is 0 Å². The average Bonchev–Trinajstić information content (AvgIpc) is 3.72. The van der Waals surface area contributed by atoms with Crippen molar-refractivity contribution in [3.8, 4) is 0 Å². The molecule has 2 aliphatic heterocycles. The van der Waals surface area contributed by atoms with E-state index in [0.717, 1.165) is 38.5 Å². The number of unbranched alkanes of at least 4 members (excludes halogenated alkanes) is 11. The zero-order valence-electron chi connectivity index (χ0n) is 41.4. The van der Waals surface area contributed by atoms with Gasteiger partial charge >= 0.3 is 11.9 Å². The lowest BCUT2D eigenvalue weighted by Gasteiger charge is -2.31. The maximum absolute atomic E-state index is 13.2. The van der Waals surface area contributed by atoms with Crippen molar-refractivity contribution in [1.29, 1.82) is 0 Å². The van der Waals surface area contributed by atoms with Crippen molar-refractivity contribution in [2.45, 2.75) is 231 Å². The summed E-state index contributed by atoms with van der Waals surface area (Å²) in [6.45, 7) is 13.7. The van der Waals surface area contributed by atoms with Gasteiger partial charge in [0.05, 0.1) is 35.7 Å². The van der Waals surface area contributed by atoms with E-state index in [1.807, 2.05) is 6.92 Å². The van der Waals surface area contributed by atoms with Gasteiger partial charge in [0.2, 0.25) is 0 Å². The maximum Gasteiger partial charge on any atom is 0.312 e. The molecule has 0 aliphatic carbocycles. The number of allylic oxidation sites excluding steroid dienone is 4. The minimum absolute atomic E-state index is 0.0543. The number of fused-ring (bicyclic) bond motifs is 2. The number of alkyl halides is 1. The van der Waals surface area contributed by atoms with Crippen LogP contribution in [0, 0.1) is 35.5 Å². The molecule has 0 spiro atoms. The molecule has 1 saturated heterocycles. The Labute approximate surface area is 401 Å². The number of esters is 2. The second-order valence-electron chi connectivity index (χ2n) is 19.8. The summed E-state index contributed by atoms with van der Waals surface area (Å²) in [5.74, 6) is -5.56. The molecule has 17 atom stereocenters. The highest BCUT2D eigenvalue weighted by molar-refractivity contribution is 6.21. The highest BCUT2D eigenvalue weighted by Gasteiger charge is 2.47. The molecule has 2 aliphatic rings. The van der Waals surface area contributed by atoms with Crippen LogP contribution in [0.2, 0.25) is 0 Å². The fourth-order valence-electron chi connectivity index (χ4n) is 8.93. The number of aliphatic hydroxyl groups excluding tert-OH is 7. The number of aliphatic hydroxyl groups is 7. The quantitative estimate of drug-likeness (QED) is 0.0176. The molecule has 2 rings (SSSR count). The lowest BCUT2D eigenvalue weighted by Crippen LogP contribution is -2.42. The SMILES string of the molecule is CCCCCCCC/C=C\CCCCCCCC(=O)OC[C@H](O)[C@@H](Cl)C[C@@H](C)[C@H](O)[C@H](C)[C@@H](O)/C(C)=C/[C@H](C)C[C@H](O)[C@@H]1O[C@H]2C[C@H]1OC(=O)[C@@H](C)[C@H](O)C(=O)[C@@H](C)[C@H](C)/C=C/[C@H](O)[C@@H]2O. The van der Waals surface area contributed by atoms with E-state index < -0.39 is 108 Å². The highest BCUT2D eigenvalue weighted by Crippen LogP contribution is 2.34. The predicted octanol–water partition coefficient (Wildman–Crippen LogP) is 7.45. The van der Waals surface area contributed by atoms with E-state index in [0.29, 0.717) is 5.57 Å². The number of ketones is 1. The van der Waals surface area contributed by atoms with Crippen molar-refractivity contribution < 1.29 is 64.3 Å². The van der Waals surface area contributed by atoms with E-state index in [1.54, 1.807) is 46.8 Å². The molecule has 382 valence electrons. The molecule has 0 aromatic heterocycles. The zero-order chi connectivity index (χ0) is 49.5. The maximum atomic E-state index is 13.2. The van der Waals surface area contributed by atoms with E-state index in [4.69, 9.17) is 25.8 Å². The summed E-state index contributed by atoms with van der Waals surface area (Å²) in [4.78, 5) is 38.5. The molecule has 2 heterocycles. The summed E-state index contributed by atoms with van der Waals surface area (Å²) in [6, 6.07) is 0. The van der Waals surface area contributed by atoms with Gasteiger partial charge < -0.3 is 50.0 Å². The second kappa shape index (κ2) is 31.8. The van der Waals surface area contributed by atoms with Gasteiger partial charge in [-0.25, -0.2) is 0 Å². The Morgan fingerprint density at radius 3 is 2.05 bits per heavy atom. The van der Waals surface area contributed by atoms with Crippen LogP contribution in [0.5, 0.6) is 0 Å². The predicted molar refractivity (Wildman–Crippen MR) is 257 cm³/mol. The van der Waals surface area contributed by atoms with Crippen LogP contribution in [-0.2, 0) is 28.6 Å². The molecule has 0 radical (unpaired) electrons. The van der Waals surface area contributed by atoms with Gasteiger partial charge in [-0.15, -0.1) is 11.6 Å². The Hall–Kier alpha value is -2.20. The first kappa shape index (κ1) is 59.9. The molecule has 0 aromatic carbocycles. The van der Waals surface area contributed by atoms with E-state index >= 15 is 0 Å². The lowest BCUT2D eigenvalue weighted by molar-refractivity contribution is -0.167. The topological polar surface area (TPSA) is 221 Å². The number of ether oxygens (including phenoxy) is 3. The molecule has 1 fully saturated rings. The first-order valence-corrected chi connectivity index (χ1v) is 25.6. The van der Waals surface area contributed by atoms with Gasteiger partial charge in [-0.05, 0) is 82.1 Å². The van der Waals surface area contributed by atoms with E-state index in [1.165, 1.54) is 57.9 Å². The molecule has 0 unspecified atom stereocenters. The van der Waals surface area contributed by atoms with Crippen molar-refractivity contribution in [3.63, 3.8) is 0 Å². The summed E-state index contributed by atoms with van der Waals surface area (Å²) < 4.78 is 17.1. The average molecular weight is 958 g/mol. The van der Waals surface area contributed by atoms with Gasteiger partial charge in [-0.1, -0.05) is 123 Å². The van der Waals surface area contributed by atoms with Crippen molar-refractivity contribution in [1.82, 2.24) is 0 Å². The van der Waals surface area contributed by atoms with E-state index in [2.05, 4.69) is 19.1 Å². The monoisotopic (exact) mass is 957 g/mol. The Morgan fingerprint density at radius 2 is 1.42 bits per heavy atom. The summed E-state index contributed by atoms with van der Waals surface area (Å²) in [5.41, 5.74) is 0.536. The number of rotatable bonds is 28. The van der Waals surface area contributed by atoms with Crippen molar-refractivity contribution in [2.24, 2.45) is 35.5 Å². The molecule has 7 N–H and O–H groups in total. The molecule has 0 saturated carbocycles. The number of carbonyl (C=O) groups is 3. The third-order valence-corrected chi connectivity index (χ3v) is 14.3. The number of halogens is 1. The van der Waals surface area contributed by atoms with Crippen LogP contribution in [0.4, 0.5) is 0 Å². The molecule has 13 nitrogen and oxygen atoms in total. The third-order valence-electron chi connectivity index (χ3n) is 13.8. The standard InChI is InChI=1S/C52H89ClO13/c1-9-10-11-12-13-14-15-16-17-18-19-20-21-22-23-24-45(57)64-31-42(56)39(53)29-35(5)47(59)37(7)46(58)34(4)27-32(2)28-41(55)51-44-30-43(65-51)50(62)40(54)26-25-33(3)36(6)48(60)49(61)38(8)52(63)66-44/h16-17,25-27,32-33,35-44,46-47,49-51,54-56,58-59,61-62H,9-15,18-24,28-31H2,1-8H3/b17-16-,26-25+,34-27+/t32-,33+,35+,36-,37+,38-,39-,40-,41-,42-,43-,44+,46-,47-,49-,50-,51-/m0/s1. The Kier molecular flexibility index (Phi) is 28.9. The normalized spacial score (nSPS) is 29.9. The number of hydrogen-bond donors (Lipinski definition) is 7. The largest absolute Gasteiger partial charge is 0.463 e. The summed E-state index contributed by atoms with van der Waals surface area (Å²) in [6.07, 6.45) is 12.9. The van der Waals surface area contributed by atoms with Crippen LogP contribution >= 0.6 is 11.6 Å². The van der Waals surface area contributed by atoms with Crippen LogP contribution in [0.3, 0.4) is 0 Å². The molecule has 66 heavy (non-hydrogen) atoms. The summed E-state index contributed by atoms with van der Waals surface area (Å²) in [5, 5.41) is 76.3. The minimum Gasteiger partial charge on any atom is -0.463 e. The molecule has 0 aromatic rings. The van der Waals surface area contributed by atoms with Crippen LogP contribution in [0.1, 0.15) is 165 Å². The molecular weight excluding hydrogens is 868 g/mol. The molecule has 0 amide bonds. The molecule has 2 bridgehead atoms. The number of carbonyl (C=O) groups excluding carboxylic acids is 3. The van der Waals surface area contributed by atoms with Crippen LogP contribution in [-0.4, -0.2) is 126 Å². The van der Waals surface area contributed by atoms with Gasteiger partial charge in [-0.2, -0.15) is 0 Å². The number of Topliss-reactive ketones (excluding diaryl/α,β-unsaturated/α-hetero) is 1. The van der Waals surface area contributed by atoms with Crippen molar-refractivity contribution in [3.05, 3.63) is 36.0 Å². The van der Waals surface area contributed by atoms with Crippen LogP contribution in [0.25, 0.3) is 0 Å². The minimum atomic E-state index is -1.64. The Bertz CT molecular complexity index is 1490. The summed E-state index contributed by atoms with van der Waals surface area (Å²) >= 11 is 6.52. The molecular formula is C52H89ClO13. The van der Waals surface area contributed by atoms with E-state index in [9.17, 15) is 50.1 Å². The van der Waals surface area contributed by atoms with Gasteiger partial charge in [0, 0.05) is 24.7 Å². The second-order valence-corrected chi connectivity index (χ2v) is 20.4. The third kappa shape index (κ3) is 20.8. The van der Waals surface area contributed by atoms with Gasteiger partial charge in [0.25, 0.3) is 0 Å². The van der Waals surface area contributed by atoms with Gasteiger partial charge in [0.1, 0.15) is 43.2 Å². The van der Waals surface area contributed by atoms with Gasteiger partial charge in [-0.3, -0.25) is 14.4 Å². The number of hydrogen-bond acceptors (Lipinski definition) is 13. The first-order chi connectivity index (χ1) is 31.2. The van der Waals surface area contributed by atoms with E-state index in [-0.39, 0.29) is 44.2 Å². The first-order valence-electron chi connectivity index (χ1n) is 25.2. The van der Waals surface area contributed by atoms with Gasteiger partial charge in [0.15, 0.2) is 5.78 Å². The van der Waals surface area contributed by atoms with Crippen LogP contribution in [0.15, 0.2) is 36.0 Å². The summed E-state index contributed by atoms with van der Waals surface area (Å²) in [7, 11) is 0.